The minimum Gasteiger partial charge on any atom is -0.495 e. The molecule has 3 atom stereocenters. The molecule has 1 aliphatic rings. The van der Waals surface area contributed by atoms with E-state index in [2.05, 4.69) is 42.5 Å². The van der Waals surface area contributed by atoms with Gasteiger partial charge in [-0.2, -0.15) is 0 Å². The standard InChI is InChI=1S/C36H39ClO5/c1-3-40-31-16-14-26(15-17-31)18-30-19-29(20-35(38-2)36(30)37)34-22-32(41-24-28-12-8-5-9-13-28)21-33(42-34)25-39-23-27-10-6-4-7-11-27/h4-17,19-20,32-34H,3,18,21-25H2,1-2H3. The summed E-state index contributed by atoms with van der Waals surface area (Å²) in [7, 11) is 1.65. The summed E-state index contributed by atoms with van der Waals surface area (Å²) in [5.74, 6) is 1.50. The molecule has 0 amide bonds. The number of methoxy groups -OCH3 is 1. The van der Waals surface area contributed by atoms with Gasteiger partial charge in [0.05, 0.1) is 56.9 Å². The summed E-state index contributed by atoms with van der Waals surface area (Å²) in [4.78, 5) is 0. The smallest absolute Gasteiger partial charge is 0.138 e. The molecule has 1 aliphatic heterocycles. The van der Waals surface area contributed by atoms with Crippen LogP contribution in [0, 0.1) is 0 Å². The molecule has 220 valence electrons. The van der Waals surface area contributed by atoms with Crippen LogP contribution in [0.5, 0.6) is 11.5 Å². The molecular formula is C36H39ClO5. The third-order valence-electron chi connectivity index (χ3n) is 7.46. The van der Waals surface area contributed by atoms with Gasteiger partial charge < -0.3 is 23.7 Å². The Morgan fingerprint density at radius 1 is 0.810 bits per heavy atom. The first kappa shape index (κ1) is 30.1. The fourth-order valence-corrected chi connectivity index (χ4v) is 5.59. The van der Waals surface area contributed by atoms with Crippen LogP contribution in [-0.2, 0) is 33.8 Å². The maximum atomic E-state index is 6.82. The maximum Gasteiger partial charge on any atom is 0.138 e. The lowest BCUT2D eigenvalue weighted by Gasteiger charge is -2.36. The zero-order valence-corrected chi connectivity index (χ0v) is 25.1. The predicted octanol–water partition coefficient (Wildman–Crippen LogP) is 8.36. The summed E-state index contributed by atoms with van der Waals surface area (Å²) in [5.41, 5.74) is 5.45. The minimum atomic E-state index is -0.185. The van der Waals surface area contributed by atoms with E-state index in [-0.39, 0.29) is 18.3 Å². The van der Waals surface area contributed by atoms with Crippen molar-refractivity contribution < 1.29 is 23.7 Å². The van der Waals surface area contributed by atoms with E-state index in [1.165, 1.54) is 0 Å². The Labute approximate surface area is 254 Å². The molecule has 4 aromatic carbocycles. The van der Waals surface area contributed by atoms with Crippen molar-refractivity contribution in [3.8, 4) is 11.5 Å². The molecule has 0 bridgehead atoms. The van der Waals surface area contributed by atoms with Gasteiger partial charge in [-0.25, -0.2) is 0 Å². The van der Waals surface area contributed by atoms with Crippen LogP contribution < -0.4 is 9.47 Å². The molecule has 0 aliphatic carbocycles. The van der Waals surface area contributed by atoms with Crippen molar-refractivity contribution >= 4 is 11.6 Å². The van der Waals surface area contributed by atoms with Crippen LogP contribution in [0.25, 0.3) is 0 Å². The summed E-state index contributed by atoms with van der Waals surface area (Å²) in [5, 5.41) is 0.616. The second-order valence-electron chi connectivity index (χ2n) is 10.6. The van der Waals surface area contributed by atoms with E-state index in [1.54, 1.807) is 7.11 Å². The van der Waals surface area contributed by atoms with Gasteiger partial charge in [-0.1, -0.05) is 90.5 Å². The average Bonchev–Trinajstić information content (AvgIpc) is 3.03. The molecule has 0 radical (unpaired) electrons. The number of halogens is 1. The highest BCUT2D eigenvalue weighted by atomic mass is 35.5. The molecule has 3 unspecified atom stereocenters. The summed E-state index contributed by atoms with van der Waals surface area (Å²) in [6.45, 7) is 4.21. The van der Waals surface area contributed by atoms with E-state index in [4.69, 9.17) is 35.3 Å². The maximum absolute atomic E-state index is 6.82. The third-order valence-corrected chi connectivity index (χ3v) is 7.89. The van der Waals surface area contributed by atoms with E-state index in [0.29, 0.717) is 43.6 Å². The van der Waals surface area contributed by atoms with Crippen LogP contribution in [-0.4, -0.2) is 32.5 Å². The molecule has 5 rings (SSSR count). The highest BCUT2D eigenvalue weighted by molar-refractivity contribution is 6.32. The molecule has 1 heterocycles. The molecule has 0 spiro atoms. The van der Waals surface area contributed by atoms with Crippen LogP contribution >= 0.6 is 11.6 Å². The Balaban J connectivity index is 1.34. The largest absolute Gasteiger partial charge is 0.495 e. The average molecular weight is 587 g/mol. The third kappa shape index (κ3) is 8.36. The van der Waals surface area contributed by atoms with E-state index in [1.807, 2.05) is 61.5 Å². The van der Waals surface area contributed by atoms with E-state index >= 15 is 0 Å². The van der Waals surface area contributed by atoms with Gasteiger partial charge in [-0.05, 0) is 59.4 Å². The van der Waals surface area contributed by atoms with Gasteiger partial charge in [0.25, 0.3) is 0 Å². The SMILES string of the molecule is CCOc1ccc(Cc2cc(C3CC(OCc4ccccc4)CC(COCc4ccccc4)O3)cc(OC)c2Cl)cc1. The van der Waals surface area contributed by atoms with Gasteiger partial charge in [0.2, 0.25) is 0 Å². The van der Waals surface area contributed by atoms with E-state index < -0.39 is 0 Å². The van der Waals surface area contributed by atoms with E-state index in [0.717, 1.165) is 46.4 Å². The summed E-state index contributed by atoms with van der Waals surface area (Å²) in [6, 6.07) is 32.8. The van der Waals surface area contributed by atoms with Crippen LogP contribution in [0.4, 0.5) is 0 Å². The molecule has 42 heavy (non-hydrogen) atoms. The normalized spacial score (nSPS) is 18.5. The lowest BCUT2D eigenvalue weighted by atomic mass is 9.93. The Morgan fingerprint density at radius 3 is 2.17 bits per heavy atom. The first-order valence-electron chi connectivity index (χ1n) is 14.6. The minimum absolute atomic E-state index is 0.0190. The Kier molecular flexibility index (Phi) is 10.9. The van der Waals surface area contributed by atoms with Gasteiger partial charge in [0.1, 0.15) is 11.5 Å². The van der Waals surface area contributed by atoms with Crippen LogP contribution in [0.3, 0.4) is 0 Å². The van der Waals surface area contributed by atoms with Crippen molar-refractivity contribution in [2.45, 2.75) is 57.7 Å². The fraction of sp³-hybridized carbons (Fsp3) is 0.333. The summed E-state index contributed by atoms with van der Waals surface area (Å²) < 4.78 is 30.5. The summed E-state index contributed by atoms with van der Waals surface area (Å²) in [6.07, 6.45) is 1.89. The Bertz CT molecular complexity index is 1380. The number of rotatable bonds is 13. The van der Waals surface area contributed by atoms with Crippen molar-refractivity contribution in [3.05, 3.63) is 130 Å². The first-order valence-corrected chi connectivity index (χ1v) is 15.0. The molecule has 0 saturated carbocycles. The van der Waals surface area contributed by atoms with Gasteiger partial charge in [-0.15, -0.1) is 0 Å². The second-order valence-corrected chi connectivity index (χ2v) is 11.0. The van der Waals surface area contributed by atoms with Crippen molar-refractivity contribution in [2.24, 2.45) is 0 Å². The molecule has 1 fully saturated rings. The van der Waals surface area contributed by atoms with Crippen LogP contribution in [0.15, 0.2) is 97.1 Å². The van der Waals surface area contributed by atoms with Crippen molar-refractivity contribution in [3.63, 3.8) is 0 Å². The topological polar surface area (TPSA) is 46.2 Å². The lowest BCUT2D eigenvalue weighted by molar-refractivity contribution is -0.142. The second kappa shape index (κ2) is 15.2. The molecule has 0 N–H and O–H groups in total. The molecule has 4 aromatic rings. The zero-order chi connectivity index (χ0) is 29.1. The van der Waals surface area contributed by atoms with Gasteiger partial charge in [0, 0.05) is 12.8 Å². The molecule has 5 nitrogen and oxygen atoms in total. The van der Waals surface area contributed by atoms with E-state index in [9.17, 15) is 0 Å². The van der Waals surface area contributed by atoms with Crippen LogP contribution in [0.2, 0.25) is 5.02 Å². The fourth-order valence-electron chi connectivity index (χ4n) is 5.33. The Morgan fingerprint density at radius 2 is 1.50 bits per heavy atom. The predicted molar refractivity (Wildman–Crippen MR) is 166 cm³/mol. The van der Waals surface area contributed by atoms with Crippen LogP contribution in [0.1, 0.15) is 53.7 Å². The van der Waals surface area contributed by atoms with Crippen molar-refractivity contribution in [2.75, 3.05) is 20.3 Å². The molecule has 0 aromatic heterocycles. The highest BCUT2D eigenvalue weighted by Crippen LogP contribution is 2.39. The monoisotopic (exact) mass is 586 g/mol. The molecule has 6 heteroatoms. The number of benzene rings is 4. The number of hydrogen-bond donors (Lipinski definition) is 0. The molecular weight excluding hydrogens is 548 g/mol. The van der Waals surface area contributed by atoms with Gasteiger partial charge >= 0.3 is 0 Å². The number of hydrogen-bond acceptors (Lipinski definition) is 5. The lowest BCUT2D eigenvalue weighted by Crippen LogP contribution is -2.35. The quantitative estimate of drug-likeness (QED) is 0.157. The van der Waals surface area contributed by atoms with Crippen molar-refractivity contribution in [1.29, 1.82) is 0 Å². The van der Waals surface area contributed by atoms with Gasteiger partial charge in [-0.3, -0.25) is 0 Å². The summed E-state index contributed by atoms with van der Waals surface area (Å²) >= 11 is 6.82. The van der Waals surface area contributed by atoms with Crippen molar-refractivity contribution in [1.82, 2.24) is 0 Å². The highest BCUT2D eigenvalue weighted by Gasteiger charge is 2.32. The number of ether oxygens (including phenoxy) is 5. The van der Waals surface area contributed by atoms with Gasteiger partial charge in [0.15, 0.2) is 0 Å². The molecule has 1 saturated heterocycles. The zero-order valence-electron chi connectivity index (χ0n) is 24.3. The first-order chi connectivity index (χ1) is 20.6. The Hall–Kier alpha value is -3.35.